The molecule has 2 N–H and O–H groups in total. The molecular formula is C23H27N5O2. The number of nitrogens with zero attached hydrogens (tertiary/aromatic N) is 4. The Labute approximate surface area is 175 Å². The minimum absolute atomic E-state index is 0.150. The van der Waals surface area contributed by atoms with Crippen molar-refractivity contribution in [3.63, 3.8) is 0 Å². The van der Waals surface area contributed by atoms with Crippen LogP contribution in [0, 0.1) is 5.41 Å². The quantitative estimate of drug-likeness (QED) is 0.712. The minimum Gasteiger partial charge on any atom is -0.475 e. The number of fused-ring (bicyclic) bond motifs is 2. The first-order valence-corrected chi connectivity index (χ1v) is 10.5. The van der Waals surface area contributed by atoms with Crippen molar-refractivity contribution in [2.75, 3.05) is 23.8 Å². The molecule has 0 unspecified atom stereocenters. The van der Waals surface area contributed by atoms with Crippen molar-refractivity contribution in [1.29, 1.82) is 0 Å². The van der Waals surface area contributed by atoms with E-state index in [1.165, 1.54) is 30.2 Å². The predicted molar refractivity (Wildman–Crippen MR) is 117 cm³/mol. The van der Waals surface area contributed by atoms with Gasteiger partial charge in [-0.25, -0.2) is 9.97 Å². The van der Waals surface area contributed by atoms with Crippen LogP contribution in [0.2, 0.25) is 0 Å². The topological polar surface area (TPSA) is 86.3 Å². The SMILES string of the molecule is CC(C)(C)Cn1ccc2cc(N3CCOc4ncnc(N)c4C3=O)cc(C3CC3)c21. The summed E-state index contributed by atoms with van der Waals surface area (Å²) in [4.78, 5) is 23.2. The second-order valence-corrected chi connectivity index (χ2v) is 9.50. The van der Waals surface area contributed by atoms with Crippen molar-refractivity contribution in [3.8, 4) is 5.88 Å². The first kappa shape index (κ1) is 18.9. The summed E-state index contributed by atoms with van der Waals surface area (Å²) >= 11 is 0. The highest BCUT2D eigenvalue weighted by Crippen LogP contribution is 2.45. The van der Waals surface area contributed by atoms with Crippen LogP contribution in [-0.2, 0) is 6.54 Å². The van der Waals surface area contributed by atoms with Crippen LogP contribution < -0.4 is 15.4 Å². The molecule has 0 atom stereocenters. The van der Waals surface area contributed by atoms with Crippen LogP contribution in [0.5, 0.6) is 5.88 Å². The van der Waals surface area contributed by atoms with E-state index in [1.807, 2.05) is 0 Å². The number of amides is 1. The Morgan fingerprint density at radius 1 is 1.23 bits per heavy atom. The van der Waals surface area contributed by atoms with E-state index < -0.39 is 0 Å². The number of rotatable bonds is 3. The van der Waals surface area contributed by atoms with Gasteiger partial charge in [-0.2, -0.15) is 0 Å². The standard InChI is InChI=1S/C23H27N5O2/c1-23(2,3)12-27-7-6-15-10-16(11-17(19(15)27)14-4-5-14)28-8-9-30-21-18(22(28)29)20(24)25-13-26-21/h6-7,10-11,13-14H,4-5,8-9,12H2,1-3H3,(H2,24,25,26). The van der Waals surface area contributed by atoms with E-state index in [9.17, 15) is 4.79 Å². The predicted octanol–water partition coefficient (Wildman–Crippen LogP) is 3.98. The zero-order chi connectivity index (χ0) is 21.0. The van der Waals surface area contributed by atoms with E-state index in [-0.39, 0.29) is 28.6 Å². The van der Waals surface area contributed by atoms with Crippen molar-refractivity contribution < 1.29 is 9.53 Å². The first-order chi connectivity index (χ1) is 14.3. The van der Waals surface area contributed by atoms with Gasteiger partial charge in [-0.1, -0.05) is 20.8 Å². The lowest BCUT2D eigenvalue weighted by atomic mass is 9.96. The smallest absolute Gasteiger partial charge is 0.267 e. The average Bonchev–Trinajstić information content (AvgIpc) is 3.47. The number of benzene rings is 1. The number of hydrogen-bond acceptors (Lipinski definition) is 5. The molecule has 1 saturated carbocycles. The molecule has 1 aliphatic carbocycles. The molecule has 0 radical (unpaired) electrons. The highest BCUT2D eigenvalue weighted by atomic mass is 16.5. The van der Waals surface area contributed by atoms with Gasteiger partial charge in [0.15, 0.2) is 0 Å². The van der Waals surface area contributed by atoms with E-state index in [4.69, 9.17) is 10.5 Å². The summed E-state index contributed by atoms with van der Waals surface area (Å²) in [5.41, 5.74) is 9.92. The molecule has 1 amide bonds. The van der Waals surface area contributed by atoms with Gasteiger partial charge in [0, 0.05) is 23.8 Å². The maximum atomic E-state index is 13.4. The van der Waals surface area contributed by atoms with Crippen LogP contribution in [0.15, 0.2) is 30.7 Å². The molecule has 7 nitrogen and oxygen atoms in total. The highest BCUT2D eigenvalue weighted by molar-refractivity contribution is 6.11. The molecular weight excluding hydrogens is 378 g/mol. The van der Waals surface area contributed by atoms with Crippen molar-refractivity contribution in [2.45, 2.75) is 46.1 Å². The van der Waals surface area contributed by atoms with Crippen LogP contribution in [-0.4, -0.2) is 33.6 Å². The molecule has 2 aliphatic rings. The van der Waals surface area contributed by atoms with E-state index in [2.05, 4.69) is 59.7 Å². The summed E-state index contributed by atoms with van der Waals surface area (Å²) in [6.07, 6.45) is 5.88. The number of hydrogen-bond donors (Lipinski definition) is 1. The number of anilines is 2. The molecule has 3 aromatic rings. The summed E-state index contributed by atoms with van der Waals surface area (Å²) in [5, 5.41) is 1.16. The largest absolute Gasteiger partial charge is 0.475 e. The molecule has 156 valence electrons. The van der Waals surface area contributed by atoms with Gasteiger partial charge in [0.1, 0.15) is 24.3 Å². The van der Waals surface area contributed by atoms with Crippen molar-refractivity contribution in [1.82, 2.24) is 14.5 Å². The maximum Gasteiger partial charge on any atom is 0.267 e. The van der Waals surface area contributed by atoms with Gasteiger partial charge in [0.2, 0.25) is 5.88 Å². The Hall–Kier alpha value is -3.09. The second-order valence-electron chi connectivity index (χ2n) is 9.50. The van der Waals surface area contributed by atoms with Gasteiger partial charge in [-0.05, 0) is 47.9 Å². The van der Waals surface area contributed by atoms with Crippen molar-refractivity contribution in [3.05, 3.63) is 41.9 Å². The summed E-state index contributed by atoms with van der Waals surface area (Å²) < 4.78 is 8.05. The van der Waals surface area contributed by atoms with Crippen LogP contribution in [0.25, 0.3) is 10.9 Å². The number of aromatic nitrogens is 3. The van der Waals surface area contributed by atoms with Crippen LogP contribution in [0.1, 0.15) is 55.5 Å². The first-order valence-electron chi connectivity index (χ1n) is 10.5. The van der Waals surface area contributed by atoms with Gasteiger partial charge in [-0.15, -0.1) is 0 Å². The second kappa shape index (κ2) is 6.72. The molecule has 0 spiro atoms. The van der Waals surface area contributed by atoms with E-state index in [1.54, 1.807) is 4.90 Å². The molecule has 1 aromatic carbocycles. The lowest BCUT2D eigenvalue weighted by Gasteiger charge is -2.23. The average molecular weight is 406 g/mol. The molecule has 0 saturated heterocycles. The third-order valence-corrected chi connectivity index (χ3v) is 5.70. The van der Waals surface area contributed by atoms with Gasteiger partial charge in [0.05, 0.1) is 12.1 Å². The van der Waals surface area contributed by atoms with Crippen LogP contribution >= 0.6 is 0 Å². The van der Waals surface area contributed by atoms with E-state index >= 15 is 0 Å². The number of ether oxygens (including phenoxy) is 1. The van der Waals surface area contributed by atoms with Crippen molar-refractivity contribution in [2.24, 2.45) is 5.41 Å². The summed E-state index contributed by atoms with van der Waals surface area (Å²) in [6, 6.07) is 6.44. The molecule has 1 aliphatic heterocycles. The molecule has 0 bridgehead atoms. The molecule has 3 heterocycles. The van der Waals surface area contributed by atoms with Crippen LogP contribution in [0.3, 0.4) is 0 Å². The highest BCUT2D eigenvalue weighted by Gasteiger charge is 2.32. The van der Waals surface area contributed by atoms with Gasteiger partial charge >= 0.3 is 0 Å². The third kappa shape index (κ3) is 3.28. The van der Waals surface area contributed by atoms with Gasteiger partial charge in [-0.3, -0.25) is 4.79 Å². The lowest BCUT2D eigenvalue weighted by molar-refractivity contribution is 0.0990. The number of nitrogen functional groups attached to an aromatic ring is 1. The van der Waals surface area contributed by atoms with Gasteiger partial charge in [0.25, 0.3) is 5.91 Å². The molecule has 1 fully saturated rings. The van der Waals surface area contributed by atoms with Crippen molar-refractivity contribution >= 4 is 28.3 Å². The number of carbonyl (C=O) groups excluding carboxylic acids is 1. The van der Waals surface area contributed by atoms with Crippen LogP contribution in [0.4, 0.5) is 11.5 Å². The van der Waals surface area contributed by atoms with E-state index in [0.29, 0.717) is 19.1 Å². The third-order valence-electron chi connectivity index (χ3n) is 5.70. The fraction of sp³-hybridized carbons (Fsp3) is 0.435. The Kier molecular flexibility index (Phi) is 4.24. The lowest BCUT2D eigenvalue weighted by Crippen LogP contribution is -2.33. The molecule has 30 heavy (non-hydrogen) atoms. The maximum absolute atomic E-state index is 13.4. The summed E-state index contributed by atoms with van der Waals surface area (Å²) in [6.45, 7) is 8.51. The van der Waals surface area contributed by atoms with Gasteiger partial charge < -0.3 is 19.9 Å². The Morgan fingerprint density at radius 2 is 2.03 bits per heavy atom. The fourth-order valence-corrected chi connectivity index (χ4v) is 4.28. The zero-order valence-corrected chi connectivity index (χ0v) is 17.7. The van der Waals surface area contributed by atoms with E-state index in [0.717, 1.165) is 17.6 Å². The Balaban J connectivity index is 1.61. The number of nitrogens with two attached hydrogens (primary N) is 1. The monoisotopic (exact) mass is 405 g/mol. The Morgan fingerprint density at radius 3 is 2.77 bits per heavy atom. The number of carbonyl (C=O) groups is 1. The summed E-state index contributed by atoms with van der Waals surface area (Å²) in [5.74, 6) is 0.752. The summed E-state index contributed by atoms with van der Waals surface area (Å²) in [7, 11) is 0. The normalized spacial score (nSPS) is 17.0. The fourth-order valence-electron chi connectivity index (χ4n) is 4.28. The molecule has 5 rings (SSSR count). The minimum atomic E-state index is -0.212. The molecule has 2 aromatic heterocycles. The molecule has 7 heteroatoms. The Bertz CT molecular complexity index is 1140. The zero-order valence-electron chi connectivity index (χ0n) is 17.7.